The van der Waals surface area contributed by atoms with Crippen LogP contribution < -0.4 is 10.6 Å². The molecule has 1 atom stereocenters. The number of nitrogens with zero attached hydrogens (tertiary/aromatic N) is 4. The third-order valence-electron chi connectivity index (χ3n) is 4.14. The summed E-state index contributed by atoms with van der Waals surface area (Å²) in [6, 6.07) is 8.12. The number of aryl methyl sites for hydroxylation is 1. The summed E-state index contributed by atoms with van der Waals surface area (Å²) in [4.78, 5) is 6.92. The van der Waals surface area contributed by atoms with Crippen LogP contribution in [0.1, 0.15) is 24.1 Å². The van der Waals surface area contributed by atoms with Crippen molar-refractivity contribution >= 4 is 41.5 Å². The summed E-state index contributed by atoms with van der Waals surface area (Å²) < 4.78 is 1.82. The van der Waals surface area contributed by atoms with Gasteiger partial charge in [0.15, 0.2) is 5.96 Å². The van der Waals surface area contributed by atoms with Gasteiger partial charge in [-0.3, -0.25) is 9.67 Å². The van der Waals surface area contributed by atoms with E-state index in [0.29, 0.717) is 6.54 Å². The number of nitrogens with one attached hydrogen (secondary N) is 2. The molecule has 0 radical (unpaired) electrons. The SMILES string of the molecule is CCNC(=NCC(c1cnn(C)c1)N(C)C)NCCc1ccccc1Cl.I. The smallest absolute Gasteiger partial charge is 0.191 e. The zero-order chi connectivity index (χ0) is 18.9. The molecule has 8 heteroatoms. The largest absolute Gasteiger partial charge is 0.357 e. The minimum atomic E-state index is 0. The van der Waals surface area contributed by atoms with Crippen molar-refractivity contribution in [3.63, 3.8) is 0 Å². The zero-order valence-corrected chi connectivity index (χ0v) is 19.5. The Kier molecular flexibility index (Phi) is 10.7. The number of rotatable bonds is 8. The van der Waals surface area contributed by atoms with E-state index in [1.165, 1.54) is 0 Å². The van der Waals surface area contributed by atoms with Crippen molar-refractivity contribution in [2.75, 3.05) is 33.7 Å². The van der Waals surface area contributed by atoms with E-state index in [1.54, 1.807) is 0 Å². The highest BCUT2D eigenvalue weighted by molar-refractivity contribution is 14.0. The molecule has 0 saturated carbocycles. The van der Waals surface area contributed by atoms with Gasteiger partial charge >= 0.3 is 0 Å². The second-order valence-electron chi connectivity index (χ2n) is 6.41. The number of hydrogen-bond acceptors (Lipinski definition) is 3. The maximum atomic E-state index is 6.22. The first-order valence-electron chi connectivity index (χ1n) is 8.91. The van der Waals surface area contributed by atoms with Gasteiger partial charge in [-0.1, -0.05) is 29.8 Å². The van der Waals surface area contributed by atoms with Crippen LogP contribution >= 0.6 is 35.6 Å². The molecule has 6 nitrogen and oxygen atoms in total. The van der Waals surface area contributed by atoms with E-state index in [9.17, 15) is 0 Å². The fourth-order valence-electron chi connectivity index (χ4n) is 2.72. The molecule has 1 aromatic carbocycles. The maximum absolute atomic E-state index is 6.22. The molecule has 2 rings (SSSR count). The van der Waals surface area contributed by atoms with Crippen molar-refractivity contribution < 1.29 is 0 Å². The van der Waals surface area contributed by atoms with Crippen LogP contribution in [-0.2, 0) is 13.5 Å². The Bertz CT molecular complexity index is 716. The molecule has 1 aromatic heterocycles. The van der Waals surface area contributed by atoms with Crippen molar-refractivity contribution in [2.45, 2.75) is 19.4 Å². The summed E-state index contributed by atoms with van der Waals surface area (Å²) in [6.07, 6.45) is 4.79. The van der Waals surface area contributed by atoms with E-state index in [4.69, 9.17) is 16.6 Å². The van der Waals surface area contributed by atoms with Gasteiger partial charge < -0.3 is 15.5 Å². The standard InChI is InChI=1S/C19H29ClN6.HI/c1-5-21-19(22-11-10-15-8-6-7-9-17(15)20)23-13-18(25(2)3)16-12-24-26(4)14-16;/h6-9,12,14,18H,5,10-11,13H2,1-4H3,(H2,21,22,23);1H. The molecule has 0 amide bonds. The van der Waals surface area contributed by atoms with Gasteiger partial charge in [0.1, 0.15) is 0 Å². The second kappa shape index (κ2) is 12.2. The number of aromatic nitrogens is 2. The van der Waals surface area contributed by atoms with E-state index >= 15 is 0 Å². The number of aliphatic imine (C=N–C) groups is 1. The van der Waals surface area contributed by atoms with Gasteiger partial charge in [0.05, 0.1) is 18.8 Å². The van der Waals surface area contributed by atoms with Crippen LogP contribution in [0, 0.1) is 0 Å². The molecule has 1 unspecified atom stereocenters. The Hall–Kier alpha value is -1.32. The van der Waals surface area contributed by atoms with Crippen LogP contribution in [0.2, 0.25) is 5.02 Å². The fourth-order valence-corrected chi connectivity index (χ4v) is 2.95. The van der Waals surface area contributed by atoms with Crippen LogP contribution in [0.5, 0.6) is 0 Å². The molecule has 0 aliphatic rings. The van der Waals surface area contributed by atoms with Gasteiger partial charge in [-0.25, -0.2) is 0 Å². The van der Waals surface area contributed by atoms with E-state index < -0.39 is 0 Å². The number of benzene rings is 1. The predicted octanol–water partition coefficient (Wildman–Crippen LogP) is 3.09. The predicted molar refractivity (Wildman–Crippen MR) is 124 cm³/mol. The lowest BCUT2D eigenvalue weighted by molar-refractivity contribution is 0.306. The van der Waals surface area contributed by atoms with Gasteiger partial charge in [-0.05, 0) is 39.1 Å². The minimum absolute atomic E-state index is 0. The lowest BCUT2D eigenvalue weighted by Crippen LogP contribution is -2.39. The quantitative estimate of drug-likeness (QED) is 0.330. The molecule has 0 aliphatic heterocycles. The third kappa shape index (κ3) is 7.67. The minimum Gasteiger partial charge on any atom is -0.357 e. The molecule has 0 saturated heterocycles. The van der Waals surface area contributed by atoms with Crippen molar-refractivity contribution in [3.05, 3.63) is 52.8 Å². The maximum Gasteiger partial charge on any atom is 0.191 e. The van der Waals surface area contributed by atoms with Gasteiger partial charge in [0, 0.05) is 36.9 Å². The van der Waals surface area contributed by atoms with E-state index in [-0.39, 0.29) is 30.0 Å². The van der Waals surface area contributed by atoms with Crippen LogP contribution in [0.25, 0.3) is 0 Å². The van der Waals surface area contributed by atoms with Crippen molar-refractivity contribution in [2.24, 2.45) is 12.0 Å². The molecule has 27 heavy (non-hydrogen) atoms. The summed E-state index contributed by atoms with van der Waals surface area (Å²) in [5.41, 5.74) is 2.30. The van der Waals surface area contributed by atoms with Gasteiger partial charge in [0.2, 0.25) is 0 Å². The van der Waals surface area contributed by atoms with Crippen LogP contribution in [0.15, 0.2) is 41.7 Å². The summed E-state index contributed by atoms with van der Waals surface area (Å²) in [6.45, 7) is 4.31. The van der Waals surface area contributed by atoms with Gasteiger partial charge in [-0.2, -0.15) is 5.10 Å². The number of guanidine groups is 1. The van der Waals surface area contributed by atoms with E-state index in [1.807, 2.05) is 42.3 Å². The highest BCUT2D eigenvalue weighted by Crippen LogP contribution is 2.17. The van der Waals surface area contributed by atoms with Crippen molar-refractivity contribution in [1.82, 2.24) is 25.3 Å². The Morgan fingerprint density at radius 2 is 2.04 bits per heavy atom. The monoisotopic (exact) mass is 504 g/mol. The van der Waals surface area contributed by atoms with Crippen molar-refractivity contribution in [1.29, 1.82) is 0 Å². The molecule has 0 spiro atoms. The topological polar surface area (TPSA) is 57.5 Å². The second-order valence-corrected chi connectivity index (χ2v) is 6.82. The van der Waals surface area contributed by atoms with Crippen LogP contribution in [0.4, 0.5) is 0 Å². The molecule has 0 fully saturated rings. The molecule has 2 aromatic rings. The van der Waals surface area contributed by atoms with Crippen LogP contribution in [0.3, 0.4) is 0 Å². The number of likely N-dealkylation sites (N-methyl/N-ethyl adjacent to an activating group) is 1. The molecule has 0 bridgehead atoms. The van der Waals surface area contributed by atoms with Crippen molar-refractivity contribution in [3.8, 4) is 0 Å². The Morgan fingerprint density at radius 3 is 2.63 bits per heavy atom. The third-order valence-corrected chi connectivity index (χ3v) is 4.51. The van der Waals surface area contributed by atoms with Gasteiger partial charge in [0.25, 0.3) is 0 Å². The molecule has 1 heterocycles. The summed E-state index contributed by atoms with van der Waals surface area (Å²) in [5, 5.41) is 11.8. The molecule has 0 aliphatic carbocycles. The molecular formula is C19H30ClIN6. The number of halogens is 2. The average molecular weight is 505 g/mol. The normalized spacial score (nSPS) is 12.6. The summed E-state index contributed by atoms with van der Waals surface area (Å²) in [5.74, 6) is 0.815. The first-order chi connectivity index (χ1) is 12.5. The zero-order valence-electron chi connectivity index (χ0n) is 16.4. The summed E-state index contributed by atoms with van der Waals surface area (Å²) >= 11 is 6.22. The Labute approximate surface area is 184 Å². The Balaban J connectivity index is 0.00000364. The van der Waals surface area contributed by atoms with Crippen LogP contribution in [-0.4, -0.2) is 54.4 Å². The molecular weight excluding hydrogens is 475 g/mol. The highest BCUT2D eigenvalue weighted by atomic mass is 127. The first kappa shape index (κ1) is 23.7. The molecule has 150 valence electrons. The fraction of sp³-hybridized carbons (Fsp3) is 0.474. The van der Waals surface area contributed by atoms with E-state index in [2.05, 4.69) is 47.7 Å². The van der Waals surface area contributed by atoms with E-state index in [0.717, 1.165) is 41.6 Å². The highest BCUT2D eigenvalue weighted by Gasteiger charge is 2.15. The lowest BCUT2D eigenvalue weighted by Gasteiger charge is -2.22. The van der Waals surface area contributed by atoms with Gasteiger partial charge in [-0.15, -0.1) is 24.0 Å². The molecule has 2 N–H and O–H groups in total. The average Bonchev–Trinajstić information content (AvgIpc) is 3.02. The number of hydrogen-bond donors (Lipinski definition) is 2. The first-order valence-corrected chi connectivity index (χ1v) is 9.29. The Morgan fingerprint density at radius 1 is 1.30 bits per heavy atom. The summed E-state index contributed by atoms with van der Waals surface area (Å²) in [7, 11) is 6.05. The lowest BCUT2D eigenvalue weighted by atomic mass is 10.1.